The van der Waals surface area contributed by atoms with Gasteiger partial charge in [0.05, 0.1) is 0 Å². The molecular weight excluding hydrogens is 316 g/mol. The number of furan rings is 1. The second-order valence-corrected chi connectivity index (χ2v) is 6.87. The molecule has 3 rings (SSSR count). The Morgan fingerprint density at radius 3 is 2.23 bits per heavy atom. The van der Waals surface area contributed by atoms with E-state index >= 15 is 0 Å². The van der Waals surface area contributed by atoms with Gasteiger partial charge in [-0.25, -0.2) is 0 Å². The summed E-state index contributed by atoms with van der Waals surface area (Å²) in [5.41, 5.74) is 5.25. The van der Waals surface area contributed by atoms with Gasteiger partial charge in [-0.2, -0.15) is 0 Å². The molecule has 0 spiro atoms. The Balaban J connectivity index is 0.000000500. The summed E-state index contributed by atoms with van der Waals surface area (Å²) in [4.78, 5) is 0. The Morgan fingerprint density at radius 2 is 1.62 bits per heavy atom. The molecule has 1 aromatic heterocycles. The van der Waals surface area contributed by atoms with Crippen molar-refractivity contribution >= 4 is 11.0 Å². The van der Waals surface area contributed by atoms with Crippen LogP contribution in [0.15, 0.2) is 79.3 Å². The SMILES string of the molecule is C=C.C=CC=C.Cc1oc2c3c(ccc2c1C)C(C)(C)C/C=C\C=C/C3. The number of benzene rings is 1. The fraction of sp³-hybridized carbons (Fsp3) is 0.280. The van der Waals surface area contributed by atoms with Gasteiger partial charge in [-0.15, -0.1) is 13.2 Å². The lowest BCUT2D eigenvalue weighted by Gasteiger charge is -2.26. The van der Waals surface area contributed by atoms with Crippen LogP contribution in [0, 0.1) is 13.8 Å². The van der Waals surface area contributed by atoms with Gasteiger partial charge in [0, 0.05) is 10.9 Å². The molecule has 0 amide bonds. The van der Waals surface area contributed by atoms with E-state index in [1.165, 1.54) is 22.1 Å². The molecule has 0 atom stereocenters. The summed E-state index contributed by atoms with van der Waals surface area (Å²) in [5.74, 6) is 1.04. The van der Waals surface area contributed by atoms with Gasteiger partial charge < -0.3 is 4.42 Å². The number of allylic oxidation sites excluding steroid dienone is 6. The number of fused-ring (bicyclic) bond motifs is 3. The summed E-state index contributed by atoms with van der Waals surface area (Å²) in [7, 11) is 0. The lowest BCUT2D eigenvalue weighted by molar-refractivity contribution is 0.525. The zero-order chi connectivity index (χ0) is 19.7. The lowest BCUT2D eigenvalue weighted by Crippen LogP contribution is -2.18. The van der Waals surface area contributed by atoms with E-state index < -0.39 is 0 Å². The maximum Gasteiger partial charge on any atom is 0.138 e. The molecule has 1 heterocycles. The highest BCUT2D eigenvalue weighted by Gasteiger charge is 2.25. The fourth-order valence-electron chi connectivity index (χ4n) is 3.11. The van der Waals surface area contributed by atoms with Gasteiger partial charge in [-0.3, -0.25) is 0 Å². The topological polar surface area (TPSA) is 13.1 Å². The minimum absolute atomic E-state index is 0.140. The fourth-order valence-corrected chi connectivity index (χ4v) is 3.11. The average Bonchev–Trinajstić information content (AvgIpc) is 2.97. The van der Waals surface area contributed by atoms with Crippen molar-refractivity contribution < 1.29 is 4.42 Å². The predicted octanol–water partition coefficient (Wildman–Crippen LogP) is 7.55. The Hall–Kier alpha value is -2.54. The molecule has 1 heteroatoms. The van der Waals surface area contributed by atoms with Crippen molar-refractivity contribution in [3.05, 3.63) is 97.4 Å². The zero-order valence-electron chi connectivity index (χ0n) is 16.8. The first-order valence-electron chi connectivity index (χ1n) is 8.99. The quantitative estimate of drug-likeness (QED) is 0.383. The highest BCUT2D eigenvalue weighted by atomic mass is 16.3. The van der Waals surface area contributed by atoms with Crippen molar-refractivity contribution in [2.75, 3.05) is 0 Å². The van der Waals surface area contributed by atoms with E-state index in [-0.39, 0.29) is 5.41 Å². The third-order valence-corrected chi connectivity index (χ3v) is 4.68. The molecule has 2 aromatic rings. The van der Waals surface area contributed by atoms with Crippen LogP contribution in [0.4, 0.5) is 0 Å². The van der Waals surface area contributed by atoms with Crippen molar-refractivity contribution in [2.24, 2.45) is 0 Å². The van der Waals surface area contributed by atoms with Crippen molar-refractivity contribution in [1.29, 1.82) is 0 Å². The van der Waals surface area contributed by atoms with E-state index in [2.05, 4.69) is 90.4 Å². The minimum Gasteiger partial charge on any atom is -0.461 e. The highest BCUT2D eigenvalue weighted by Crippen LogP contribution is 2.37. The van der Waals surface area contributed by atoms with Gasteiger partial charge in [0.2, 0.25) is 0 Å². The van der Waals surface area contributed by atoms with Gasteiger partial charge in [-0.05, 0) is 43.2 Å². The Kier molecular flexibility index (Phi) is 8.12. The van der Waals surface area contributed by atoms with E-state index in [9.17, 15) is 0 Å². The molecule has 1 aliphatic carbocycles. The van der Waals surface area contributed by atoms with Gasteiger partial charge in [0.15, 0.2) is 0 Å². The summed E-state index contributed by atoms with van der Waals surface area (Å²) < 4.78 is 6.07. The van der Waals surface area contributed by atoms with Crippen molar-refractivity contribution in [3.8, 4) is 0 Å². The maximum absolute atomic E-state index is 6.07. The molecule has 0 saturated heterocycles. The maximum atomic E-state index is 6.07. The Morgan fingerprint density at radius 1 is 1.00 bits per heavy atom. The molecule has 0 saturated carbocycles. The van der Waals surface area contributed by atoms with E-state index in [4.69, 9.17) is 4.42 Å². The molecule has 0 N–H and O–H groups in total. The molecule has 0 unspecified atom stereocenters. The minimum atomic E-state index is 0.140. The normalized spacial score (nSPS) is 16.9. The third kappa shape index (κ3) is 4.76. The molecule has 0 fully saturated rings. The largest absolute Gasteiger partial charge is 0.461 e. The van der Waals surface area contributed by atoms with Crippen LogP contribution in [0.25, 0.3) is 11.0 Å². The standard InChI is InChI=1S/C19H22O.C4H6.C2H4/c1-13-14(2)20-18-15(13)10-11-17-16(18)9-7-5-6-8-12-19(17,3)4;1-3-4-2;1-2/h5-8,10-11H,9,12H2,1-4H3;3-4H,1-2H2;1-2H2/b7-5-,8-6-;;. The van der Waals surface area contributed by atoms with Crippen LogP contribution >= 0.6 is 0 Å². The van der Waals surface area contributed by atoms with Crippen LogP contribution in [0.1, 0.15) is 42.7 Å². The van der Waals surface area contributed by atoms with Crippen LogP contribution in [-0.2, 0) is 11.8 Å². The highest BCUT2D eigenvalue weighted by molar-refractivity contribution is 5.86. The molecule has 1 aromatic carbocycles. The van der Waals surface area contributed by atoms with Crippen molar-refractivity contribution in [1.82, 2.24) is 0 Å². The first kappa shape index (κ1) is 21.5. The molecule has 26 heavy (non-hydrogen) atoms. The van der Waals surface area contributed by atoms with Gasteiger partial charge in [-0.1, -0.05) is 75.6 Å². The number of aryl methyl sites for hydroxylation is 2. The monoisotopic (exact) mass is 348 g/mol. The van der Waals surface area contributed by atoms with E-state index in [1.54, 1.807) is 12.2 Å². The van der Waals surface area contributed by atoms with Gasteiger partial charge in [0.25, 0.3) is 0 Å². The smallest absolute Gasteiger partial charge is 0.138 e. The second kappa shape index (κ2) is 9.82. The summed E-state index contributed by atoms with van der Waals surface area (Å²) in [6, 6.07) is 4.53. The van der Waals surface area contributed by atoms with Gasteiger partial charge >= 0.3 is 0 Å². The molecule has 138 valence electrons. The van der Waals surface area contributed by atoms with Crippen LogP contribution < -0.4 is 0 Å². The first-order chi connectivity index (χ1) is 12.4. The predicted molar refractivity (Wildman–Crippen MR) is 117 cm³/mol. The number of hydrogen-bond acceptors (Lipinski definition) is 1. The van der Waals surface area contributed by atoms with Crippen molar-refractivity contribution in [2.45, 2.75) is 46.0 Å². The van der Waals surface area contributed by atoms with Gasteiger partial charge in [0.1, 0.15) is 11.3 Å². The van der Waals surface area contributed by atoms with Crippen LogP contribution in [0.2, 0.25) is 0 Å². The Bertz CT molecular complexity index is 806. The molecule has 0 bridgehead atoms. The van der Waals surface area contributed by atoms with E-state index in [0.29, 0.717) is 0 Å². The van der Waals surface area contributed by atoms with E-state index in [0.717, 1.165) is 24.2 Å². The van der Waals surface area contributed by atoms with Crippen LogP contribution in [0.3, 0.4) is 0 Å². The van der Waals surface area contributed by atoms with Crippen LogP contribution in [0.5, 0.6) is 0 Å². The molecular formula is C25H32O. The number of rotatable bonds is 1. The first-order valence-corrected chi connectivity index (χ1v) is 8.99. The third-order valence-electron chi connectivity index (χ3n) is 4.68. The van der Waals surface area contributed by atoms with Crippen LogP contribution in [-0.4, -0.2) is 0 Å². The summed E-state index contributed by atoms with van der Waals surface area (Å²) in [6.07, 6.45) is 14.1. The lowest BCUT2D eigenvalue weighted by atomic mass is 9.78. The Labute approximate surface area is 159 Å². The molecule has 1 aliphatic rings. The molecule has 0 radical (unpaired) electrons. The van der Waals surface area contributed by atoms with Crippen molar-refractivity contribution in [3.63, 3.8) is 0 Å². The summed E-state index contributed by atoms with van der Waals surface area (Å²) in [6.45, 7) is 21.6. The average molecular weight is 349 g/mol. The van der Waals surface area contributed by atoms with E-state index in [1.807, 2.05) is 0 Å². The summed E-state index contributed by atoms with van der Waals surface area (Å²) >= 11 is 0. The number of hydrogen-bond donors (Lipinski definition) is 0. The second-order valence-electron chi connectivity index (χ2n) is 6.87. The molecule has 1 nitrogen and oxygen atoms in total. The summed E-state index contributed by atoms with van der Waals surface area (Å²) in [5, 5.41) is 1.26. The molecule has 0 aliphatic heterocycles. The zero-order valence-corrected chi connectivity index (χ0v) is 16.8.